The summed E-state index contributed by atoms with van der Waals surface area (Å²) in [6, 6.07) is 2.59. The molecule has 0 heterocycles. The van der Waals surface area contributed by atoms with Crippen molar-refractivity contribution in [2.45, 2.75) is 51.8 Å². The van der Waals surface area contributed by atoms with Crippen LogP contribution in [0.2, 0.25) is 0 Å². The zero-order chi connectivity index (χ0) is 14.7. The van der Waals surface area contributed by atoms with Gasteiger partial charge in [0, 0.05) is 19.6 Å². The van der Waals surface area contributed by atoms with Gasteiger partial charge < -0.3 is 14.2 Å². The second-order valence-corrected chi connectivity index (χ2v) is 5.23. The third-order valence-electron chi connectivity index (χ3n) is 2.61. The first kappa shape index (κ1) is 18.3. The van der Waals surface area contributed by atoms with Gasteiger partial charge >= 0.3 is 0 Å². The predicted molar refractivity (Wildman–Crippen MR) is 75.0 cm³/mol. The van der Waals surface area contributed by atoms with E-state index in [1.807, 2.05) is 27.7 Å². The summed E-state index contributed by atoms with van der Waals surface area (Å²) in [5.74, 6) is 0. The fourth-order valence-corrected chi connectivity index (χ4v) is 1.96. The van der Waals surface area contributed by atoms with E-state index in [4.69, 9.17) is 14.2 Å². The lowest BCUT2D eigenvalue weighted by Gasteiger charge is -2.28. The molecule has 0 rings (SSSR count). The Balaban J connectivity index is 3.83. The smallest absolute Gasteiger partial charge is 0.106 e. The lowest BCUT2D eigenvalue weighted by molar-refractivity contribution is -0.00819. The molecule has 2 unspecified atom stereocenters. The highest BCUT2D eigenvalue weighted by molar-refractivity contribution is 5.05. The number of hydrogen-bond donors (Lipinski definition) is 1. The third kappa shape index (κ3) is 9.85. The Morgan fingerprint density at radius 2 is 1.79 bits per heavy atom. The van der Waals surface area contributed by atoms with E-state index in [1.165, 1.54) is 0 Å². The van der Waals surface area contributed by atoms with Gasteiger partial charge in [0.05, 0.1) is 38.6 Å². The molecule has 0 amide bonds. The largest absolute Gasteiger partial charge is 0.382 e. The number of methoxy groups -OCH3 is 1. The first-order valence-electron chi connectivity index (χ1n) is 6.80. The Bertz CT molecular complexity index is 266. The topological polar surface area (TPSA) is 63.5 Å². The minimum Gasteiger partial charge on any atom is -0.382 e. The van der Waals surface area contributed by atoms with Crippen LogP contribution in [0.4, 0.5) is 0 Å². The molecule has 0 aliphatic heterocycles. The molecule has 2 atom stereocenters. The molecule has 0 aromatic carbocycles. The Morgan fingerprint density at radius 1 is 1.16 bits per heavy atom. The van der Waals surface area contributed by atoms with E-state index in [2.05, 4.69) is 11.4 Å². The van der Waals surface area contributed by atoms with Gasteiger partial charge in [0.1, 0.15) is 5.54 Å². The van der Waals surface area contributed by atoms with Crippen molar-refractivity contribution < 1.29 is 14.2 Å². The normalized spacial score (nSPS) is 16.1. The van der Waals surface area contributed by atoms with Crippen molar-refractivity contribution >= 4 is 0 Å². The highest BCUT2D eigenvalue weighted by atomic mass is 16.5. The molecule has 0 aromatic rings. The maximum Gasteiger partial charge on any atom is 0.106 e. The highest BCUT2D eigenvalue weighted by Crippen LogP contribution is 2.14. The zero-order valence-electron chi connectivity index (χ0n) is 12.9. The van der Waals surface area contributed by atoms with Crippen LogP contribution in [0.3, 0.4) is 0 Å². The van der Waals surface area contributed by atoms with Gasteiger partial charge in [-0.15, -0.1) is 0 Å². The van der Waals surface area contributed by atoms with Crippen molar-refractivity contribution in [1.82, 2.24) is 5.32 Å². The fourth-order valence-electron chi connectivity index (χ4n) is 1.96. The van der Waals surface area contributed by atoms with Crippen molar-refractivity contribution in [2.75, 3.05) is 33.5 Å². The lowest BCUT2D eigenvalue weighted by atomic mass is 9.95. The van der Waals surface area contributed by atoms with Crippen molar-refractivity contribution in [3.63, 3.8) is 0 Å². The third-order valence-corrected chi connectivity index (χ3v) is 2.61. The minimum atomic E-state index is -0.551. The van der Waals surface area contributed by atoms with Crippen LogP contribution in [0.1, 0.15) is 34.1 Å². The van der Waals surface area contributed by atoms with Crippen molar-refractivity contribution in [3.8, 4) is 6.07 Å². The number of nitriles is 1. The summed E-state index contributed by atoms with van der Waals surface area (Å²) in [4.78, 5) is 0. The zero-order valence-corrected chi connectivity index (χ0v) is 12.9. The van der Waals surface area contributed by atoms with Crippen LogP contribution >= 0.6 is 0 Å². The van der Waals surface area contributed by atoms with Crippen LogP contribution in [-0.4, -0.2) is 51.2 Å². The molecule has 0 aromatic heterocycles. The molecule has 0 aliphatic rings. The summed E-state index contributed by atoms with van der Waals surface area (Å²) in [6.07, 6.45) is 0.668. The predicted octanol–water partition coefficient (Wildman–Crippen LogP) is 1.72. The molecule has 5 nitrogen and oxygen atoms in total. The molecule has 112 valence electrons. The molecule has 0 saturated carbocycles. The number of hydrogen-bond acceptors (Lipinski definition) is 5. The standard InChI is InChI=1S/C14H28N2O3/c1-12(2)16-14(4,11-15)10-13(3)19-9-8-18-7-6-17-5/h12-13,16H,6-10H2,1-5H3. The maximum absolute atomic E-state index is 9.25. The molecule has 0 fully saturated rings. The Labute approximate surface area is 117 Å². The van der Waals surface area contributed by atoms with E-state index < -0.39 is 5.54 Å². The number of nitrogens with zero attached hydrogens (tertiary/aromatic N) is 1. The monoisotopic (exact) mass is 272 g/mol. The highest BCUT2D eigenvalue weighted by Gasteiger charge is 2.27. The van der Waals surface area contributed by atoms with Gasteiger partial charge in [0.25, 0.3) is 0 Å². The second kappa shape index (κ2) is 10.2. The van der Waals surface area contributed by atoms with Crippen LogP contribution in [0.15, 0.2) is 0 Å². The molecule has 1 N–H and O–H groups in total. The lowest BCUT2D eigenvalue weighted by Crippen LogP contribution is -2.47. The fraction of sp³-hybridized carbons (Fsp3) is 0.929. The SMILES string of the molecule is COCCOCCOC(C)CC(C)(C#N)NC(C)C. The van der Waals surface area contributed by atoms with Gasteiger partial charge in [0.2, 0.25) is 0 Å². The molecular formula is C14H28N2O3. The summed E-state index contributed by atoms with van der Waals surface area (Å²) in [5, 5.41) is 12.5. The quantitative estimate of drug-likeness (QED) is 0.580. The molecule has 0 radical (unpaired) electrons. The van der Waals surface area contributed by atoms with Gasteiger partial charge in [-0.2, -0.15) is 5.26 Å². The molecule has 5 heteroatoms. The van der Waals surface area contributed by atoms with Crippen LogP contribution in [0, 0.1) is 11.3 Å². The van der Waals surface area contributed by atoms with Crippen molar-refractivity contribution in [3.05, 3.63) is 0 Å². The molecule has 0 saturated heterocycles. The van der Waals surface area contributed by atoms with E-state index in [0.29, 0.717) is 32.8 Å². The number of rotatable bonds is 11. The molecule has 19 heavy (non-hydrogen) atoms. The van der Waals surface area contributed by atoms with E-state index in [0.717, 1.165) is 0 Å². The summed E-state index contributed by atoms with van der Waals surface area (Å²) in [6.45, 7) is 10.2. The van der Waals surface area contributed by atoms with Crippen LogP contribution in [0.25, 0.3) is 0 Å². The van der Waals surface area contributed by atoms with E-state index in [-0.39, 0.29) is 12.1 Å². The van der Waals surface area contributed by atoms with Gasteiger partial charge in [-0.25, -0.2) is 0 Å². The summed E-state index contributed by atoms with van der Waals surface area (Å²) in [7, 11) is 1.65. The van der Waals surface area contributed by atoms with Crippen molar-refractivity contribution in [2.24, 2.45) is 0 Å². The minimum absolute atomic E-state index is 0.0157. The number of ether oxygens (including phenoxy) is 3. The average Bonchev–Trinajstić information content (AvgIpc) is 2.32. The van der Waals surface area contributed by atoms with Crippen LogP contribution in [-0.2, 0) is 14.2 Å². The van der Waals surface area contributed by atoms with Gasteiger partial charge in [-0.05, 0) is 27.7 Å². The molecule has 0 aliphatic carbocycles. The van der Waals surface area contributed by atoms with Gasteiger partial charge in [-0.3, -0.25) is 5.32 Å². The maximum atomic E-state index is 9.25. The molecule has 0 bridgehead atoms. The Morgan fingerprint density at radius 3 is 2.32 bits per heavy atom. The second-order valence-electron chi connectivity index (χ2n) is 5.23. The van der Waals surface area contributed by atoms with Crippen LogP contribution in [0.5, 0.6) is 0 Å². The summed E-state index contributed by atoms with van der Waals surface area (Å²) < 4.78 is 15.8. The van der Waals surface area contributed by atoms with Crippen LogP contribution < -0.4 is 5.32 Å². The first-order valence-corrected chi connectivity index (χ1v) is 6.80. The molecule has 0 spiro atoms. The van der Waals surface area contributed by atoms with E-state index in [9.17, 15) is 5.26 Å². The van der Waals surface area contributed by atoms with E-state index >= 15 is 0 Å². The average molecular weight is 272 g/mol. The summed E-state index contributed by atoms with van der Waals surface area (Å²) in [5.41, 5.74) is -0.551. The first-order chi connectivity index (χ1) is 8.93. The Hall–Kier alpha value is -0.670. The van der Waals surface area contributed by atoms with Gasteiger partial charge in [0.15, 0.2) is 0 Å². The number of nitrogens with one attached hydrogen (secondary N) is 1. The van der Waals surface area contributed by atoms with E-state index in [1.54, 1.807) is 7.11 Å². The summed E-state index contributed by atoms with van der Waals surface area (Å²) >= 11 is 0. The van der Waals surface area contributed by atoms with Crippen molar-refractivity contribution in [1.29, 1.82) is 5.26 Å². The Kier molecular flexibility index (Phi) is 9.80. The molecular weight excluding hydrogens is 244 g/mol. The van der Waals surface area contributed by atoms with Gasteiger partial charge in [-0.1, -0.05) is 0 Å².